The first-order valence-electron chi connectivity index (χ1n) is 11.3. The molecule has 0 bridgehead atoms. The number of nitrogens with one attached hydrogen (secondary N) is 1. The minimum absolute atomic E-state index is 0.103. The fourth-order valence-corrected chi connectivity index (χ4v) is 3.61. The number of carbonyl (C=O) groups excluding carboxylic acids is 1. The molecule has 1 N–H and O–H groups in total. The Morgan fingerprint density at radius 2 is 1.26 bits per heavy atom. The standard InChI is InChI=1S/C28H28N2O8/c1-34-23-12-9-18(6-7-20-16-25(36-3)28(38-5)26(17-20)37-4)14-21(23)29-27(31)13-10-19-8-11-22(30(32)33)24(15-19)35-2/h6-17H,1-5H3,(H,29,31)/b7-6?,13-10+. The molecule has 0 saturated heterocycles. The van der Waals surface area contributed by atoms with Crippen LogP contribution in [0.25, 0.3) is 18.2 Å². The van der Waals surface area contributed by atoms with Crippen LogP contribution in [0.1, 0.15) is 16.7 Å². The van der Waals surface area contributed by atoms with Gasteiger partial charge in [-0.05, 0) is 59.2 Å². The van der Waals surface area contributed by atoms with Gasteiger partial charge in [-0.1, -0.05) is 18.2 Å². The monoisotopic (exact) mass is 520 g/mol. The number of nitro benzene ring substituents is 1. The molecule has 10 nitrogen and oxygen atoms in total. The van der Waals surface area contributed by atoms with Gasteiger partial charge in [-0.15, -0.1) is 0 Å². The molecule has 1 amide bonds. The third kappa shape index (κ3) is 6.61. The predicted molar refractivity (Wildman–Crippen MR) is 145 cm³/mol. The van der Waals surface area contributed by atoms with Crippen LogP contribution in [-0.4, -0.2) is 46.4 Å². The average molecular weight is 521 g/mol. The van der Waals surface area contributed by atoms with Crippen molar-refractivity contribution in [3.05, 3.63) is 81.4 Å². The van der Waals surface area contributed by atoms with E-state index in [4.69, 9.17) is 23.7 Å². The van der Waals surface area contributed by atoms with Crippen LogP contribution in [0, 0.1) is 10.1 Å². The minimum Gasteiger partial charge on any atom is -0.495 e. The van der Waals surface area contributed by atoms with E-state index in [1.165, 1.54) is 44.6 Å². The summed E-state index contributed by atoms with van der Waals surface area (Å²) in [7, 11) is 7.50. The molecule has 3 aromatic carbocycles. The van der Waals surface area contributed by atoms with Crippen molar-refractivity contribution in [3.63, 3.8) is 0 Å². The van der Waals surface area contributed by atoms with Gasteiger partial charge in [-0.2, -0.15) is 0 Å². The zero-order valence-electron chi connectivity index (χ0n) is 21.6. The maximum Gasteiger partial charge on any atom is 0.310 e. The van der Waals surface area contributed by atoms with E-state index in [1.807, 2.05) is 30.4 Å². The van der Waals surface area contributed by atoms with Gasteiger partial charge in [0.15, 0.2) is 17.2 Å². The van der Waals surface area contributed by atoms with Crippen LogP contribution in [0.3, 0.4) is 0 Å². The Morgan fingerprint density at radius 3 is 1.84 bits per heavy atom. The lowest BCUT2D eigenvalue weighted by Crippen LogP contribution is -2.09. The molecule has 38 heavy (non-hydrogen) atoms. The first-order valence-corrected chi connectivity index (χ1v) is 11.3. The summed E-state index contributed by atoms with van der Waals surface area (Å²) in [6.45, 7) is 0. The number of nitrogens with zero attached hydrogens (tertiary/aromatic N) is 1. The van der Waals surface area contributed by atoms with Crippen LogP contribution in [0.4, 0.5) is 11.4 Å². The average Bonchev–Trinajstić information content (AvgIpc) is 2.94. The van der Waals surface area contributed by atoms with E-state index in [0.717, 1.165) is 11.1 Å². The topological polar surface area (TPSA) is 118 Å². The van der Waals surface area contributed by atoms with Crippen LogP contribution in [0.15, 0.2) is 54.6 Å². The van der Waals surface area contributed by atoms with Crippen LogP contribution in [-0.2, 0) is 4.79 Å². The number of rotatable bonds is 11. The normalized spacial score (nSPS) is 10.9. The van der Waals surface area contributed by atoms with E-state index in [0.29, 0.717) is 34.2 Å². The zero-order chi connectivity index (χ0) is 27.7. The highest BCUT2D eigenvalue weighted by molar-refractivity contribution is 6.03. The summed E-state index contributed by atoms with van der Waals surface area (Å²) in [4.78, 5) is 23.2. The van der Waals surface area contributed by atoms with Gasteiger partial charge in [0.25, 0.3) is 0 Å². The Kier molecular flexibility index (Phi) is 9.31. The molecule has 0 unspecified atom stereocenters. The van der Waals surface area contributed by atoms with Crippen molar-refractivity contribution in [2.45, 2.75) is 0 Å². The fourth-order valence-electron chi connectivity index (χ4n) is 3.61. The summed E-state index contributed by atoms with van der Waals surface area (Å²) < 4.78 is 26.6. The van der Waals surface area contributed by atoms with E-state index in [9.17, 15) is 14.9 Å². The summed E-state index contributed by atoms with van der Waals surface area (Å²) >= 11 is 0. The van der Waals surface area contributed by atoms with Gasteiger partial charge in [0.05, 0.1) is 46.2 Å². The molecule has 0 atom stereocenters. The SMILES string of the molecule is COc1ccc(C=Cc2cc(OC)c(OC)c(OC)c2)cc1NC(=O)/C=C/c1ccc([N+](=O)[O-])c(OC)c1. The molecule has 0 radical (unpaired) electrons. The van der Waals surface area contributed by atoms with E-state index >= 15 is 0 Å². The van der Waals surface area contributed by atoms with Crippen molar-refractivity contribution < 1.29 is 33.4 Å². The van der Waals surface area contributed by atoms with Crippen molar-refractivity contribution in [2.24, 2.45) is 0 Å². The van der Waals surface area contributed by atoms with Crippen molar-refractivity contribution in [2.75, 3.05) is 40.9 Å². The third-order valence-corrected chi connectivity index (χ3v) is 5.46. The van der Waals surface area contributed by atoms with Gasteiger partial charge < -0.3 is 29.0 Å². The van der Waals surface area contributed by atoms with Crippen LogP contribution >= 0.6 is 0 Å². The first kappa shape index (κ1) is 27.6. The zero-order valence-corrected chi connectivity index (χ0v) is 21.6. The molecule has 3 aromatic rings. The lowest BCUT2D eigenvalue weighted by Gasteiger charge is -2.13. The fraction of sp³-hybridized carbons (Fsp3) is 0.179. The molecule has 0 aromatic heterocycles. The molecule has 0 saturated carbocycles. The molecule has 0 aliphatic carbocycles. The molecular formula is C28H28N2O8. The van der Waals surface area contributed by atoms with Crippen LogP contribution in [0.5, 0.6) is 28.7 Å². The highest BCUT2D eigenvalue weighted by Gasteiger charge is 2.14. The van der Waals surface area contributed by atoms with Gasteiger partial charge in [0.1, 0.15) is 5.75 Å². The molecule has 10 heteroatoms. The van der Waals surface area contributed by atoms with Gasteiger partial charge in [0, 0.05) is 12.1 Å². The van der Waals surface area contributed by atoms with Crippen molar-refractivity contribution >= 4 is 35.5 Å². The second kappa shape index (κ2) is 12.8. The van der Waals surface area contributed by atoms with E-state index in [-0.39, 0.29) is 11.4 Å². The number of ether oxygens (including phenoxy) is 5. The quantitative estimate of drug-likeness (QED) is 0.153. The third-order valence-electron chi connectivity index (χ3n) is 5.46. The number of anilines is 1. The van der Waals surface area contributed by atoms with Gasteiger partial charge in [0.2, 0.25) is 11.7 Å². The highest BCUT2D eigenvalue weighted by atomic mass is 16.6. The molecule has 198 valence electrons. The Morgan fingerprint density at radius 1 is 0.711 bits per heavy atom. The Hall–Kier alpha value is -4.99. The van der Waals surface area contributed by atoms with Crippen molar-refractivity contribution in [3.8, 4) is 28.7 Å². The molecule has 0 spiro atoms. The lowest BCUT2D eigenvalue weighted by molar-refractivity contribution is -0.385. The maximum absolute atomic E-state index is 12.6. The van der Waals surface area contributed by atoms with E-state index in [1.54, 1.807) is 33.5 Å². The van der Waals surface area contributed by atoms with Gasteiger partial charge in [-0.25, -0.2) is 0 Å². The first-order chi connectivity index (χ1) is 18.3. The summed E-state index contributed by atoms with van der Waals surface area (Å²) in [5.41, 5.74) is 2.50. The largest absolute Gasteiger partial charge is 0.495 e. The molecule has 3 rings (SSSR count). The number of hydrogen-bond acceptors (Lipinski definition) is 8. The number of hydrogen-bond donors (Lipinski definition) is 1. The highest BCUT2D eigenvalue weighted by Crippen LogP contribution is 2.38. The minimum atomic E-state index is -0.533. The van der Waals surface area contributed by atoms with Crippen LogP contribution in [0.2, 0.25) is 0 Å². The van der Waals surface area contributed by atoms with E-state index in [2.05, 4.69) is 5.32 Å². The predicted octanol–water partition coefficient (Wildman–Crippen LogP) is 5.46. The second-order valence-corrected chi connectivity index (χ2v) is 7.76. The van der Waals surface area contributed by atoms with Gasteiger partial charge in [-0.3, -0.25) is 14.9 Å². The summed E-state index contributed by atoms with van der Waals surface area (Å²) in [5, 5.41) is 13.9. The summed E-state index contributed by atoms with van der Waals surface area (Å²) in [6, 6.07) is 13.3. The summed E-state index contributed by atoms with van der Waals surface area (Å²) in [6.07, 6.45) is 6.59. The molecule has 0 fully saturated rings. The summed E-state index contributed by atoms with van der Waals surface area (Å²) in [5.74, 6) is 1.74. The molecule has 0 heterocycles. The smallest absolute Gasteiger partial charge is 0.310 e. The Balaban J connectivity index is 1.80. The number of benzene rings is 3. The maximum atomic E-state index is 12.6. The van der Waals surface area contributed by atoms with E-state index < -0.39 is 10.8 Å². The number of methoxy groups -OCH3 is 5. The number of nitro groups is 1. The Bertz CT molecular complexity index is 1360. The second-order valence-electron chi connectivity index (χ2n) is 7.76. The molecule has 0 aliphatic rings. The number of amides is 1. The molecule has 0 aliphatic heterocycles. The lowest BCUT2D eigenvalue weighted by atomic mass is 10.1. The van der Waals surface area contributed by atoms with Crippen molar-refractivity contribution in [1.82, 2.24) is 0 Å². The van der Waals surface area contributed by atoms with Crippen molar-refractivity contribution in [1.29, 1.82) is 0 Å². The van der Waals surface area contributed by atoms with Gasteiger partial charge >= 0.3 is 5.69 Å². The number of carbonyl (C=O) groups is 1. The Labute approximate surface area is 220 Å². The van der Waals surface area contributed by atoms with Crippen LogP contribution < -0.4 is 29.0 Å². The molecular weight excluding hydrogens is 492 g/mol.